The summed E-state index contributed by atoms with van der Waals surface area (Å²) in [6, 6.07) is -0.586. The zero-order chi connectivity index (χ0) is 19.5. The van der Waals surface area contributed by atoms with Crippen molar-refractivity contribution in [3.05, 3.63) is 0 Å². The van der Waals surface area contributed by atoms with Crippen LogP contribution >= 0.6 is 11.8 Å². The molecular weight excluding hydrogens is 350 g/mol. The molecule has 0 amide bonds. The molecule has 6 heteroatoms. The average molecular weight is 390 g/mol. The van der Waals surface area contributed by atoms with E-state index >= 15 is 0 Å². The molecule has 1 unspecified atom stereocenters. The lowest BCUT2D eigenvalue weighted by molar-refractivity contribution is -0.144. The molecule has 0 aliphatic carbocycles. The first-order valence-electron chi connectivity index (χ1n) is 10.2. The summed E-state index contributed by atoms with van der Waals surface area (Å²) in [5.41, 5.74) is 0. The van der Waals surface area contributed by atoms with Crippen molar-refractivity contribution in [2.24, 2.45) is 0 Å². The van der Waals surface area contributed by atoms with Crippen LogP contribution in [0.25, 0.3) is 0 Å². The highest BCUT2D eigenvalue weighted by molar-refractivity contribution is 7.98. The second kappa shape index (κ2) is 19.0. The van der Waals surface area contributed by atoms with Crippen LogP contribution in [-0.2, 0) is 14.3 Å². The Bertz CT molecular complexity index is 353. The first-order chi connectivity index (χ1) is 12.6. The van der Waals surface area contributed by atoms with Gasteiger partial charge in [0.1, 0.15) is 6.04 Å². The second-order valence-corrected chi connectivity index (χ2v) is 7.76. The molecular formula is C20H39NO4S. The molecule has 0 fully saturated rings. The van der Waals surface area contributed by atoms with Gasteiger partial charge in [0.2, 0.25) is 0 Å². The summed E-state index contributed by atoms with van der Waals surface area (Å²) in [6.07, 6.45) is 15.3. The van der Waals surface area contributed by atoms with Crippen molar-refractivity contribution in [1.82, 2.24) is 5.32 Å². The lowest BCUT2D eigenvalue weighted by atomic mass is 10.1. The van der Waals surface area contributed by atoms with Crippen molar-refractivity contribution in [2.45, 2.75) is 90.0 Å². The van der Waals surface area contributed by atoms with Gasteiger partial charge < -0.3 is 15.2 Å². The van der Waals surface area contributed by atoms with Gasteiger partial charge in [0.05, 0.1) is 13.0 Å². The third-order valence-electron chi connectivity index (χ3n) is 4.39. The topological polar surface area (TPSA) is 75.6 Å². The molecule has 1 atom stereocenters. The minimum absolute atomic E-state index is 0.223. The Kier molecular flexibility index (Phi) is 18.5. The fourth-order valence-electron chi connectivity index (χ4n) is 2.74. The minimum atomic E-state index is -0.863. The second-order valence-electron chi connectivity index (χ2n) is 6.78. The van der Waals surface area contributed by atoms with Gasteiger partial charge in [-0.1, -0.05) is 64.7 Å². The first-order valence-corrected chi connectivity index (χ1v) is 11.6. The van der Waals surface area contributed by atoms with E-state index in [9.17, 15) is 9.59 Å². The van der Waals surface area contributed by atoms with Gasteiger partial charge in [-0.3, -0.25) is 9.59 Å². The van der Waals surface area contributed by atoms with Crippen LogP contribution in [0.3, 0.4) is 0 Å². The van der Waals surface area contributed by atoms with Gasteiger partial charge in [-0.25, -0.2) is 0 Å². The van der Waals surface area contributed by atoms with Crippen molar-refractivity contribution < 1.29 is 19.4 Å². The van der Waals surface area contributed by atoms with Gasteiger partial charge in [-0.05, 0) is 24.9 Å². The van der Waals surface area contributed by atoms with Gasteiger partial charge in [-0.2, -0.15) is 11.8 Å². The molecule has 5 nitrogen and oxygen atoms in total. The van der Waals surface area contributed by atoms with Crippen LogP contribution < -0.4 is 5.32 Å². The van der Waals surface area contributed by atoms with E-state index in [4.69, 9.17) is 9.84 Å². The predicted molar refractivity (Wildman–Crippen MR) is 110 cm³/mol. The van der Waals surface area contributed by atoms with Crippen LogP contribution in [0.4, 0.5) is 0 Å². The summed E-state index contributed by atoms with van der Waals surface area (Å²) < 4.78 is 5.21. The van der Waals surface area contributed by atoms with E-state index in [1.54, 1.807) is 11.8 Å². The lowest BCUT2D eigenvalue weighted by Crippen LogP contribution is -2.38. The highest BCUT2D eigenvalue weighted by Gasteiger charge is 2.16. The molecule has 0 rings (SSSR count). The summed E-state index contributed by atoms with van der Waals surface area (Å²) in [5, 5.41) is 12.0. The number of unbranched alkanes of at least 4 members (excludes halogenated alkanes) is 9. The van der Waals surface area contributed by atoms with Gasteiger partial charge in [-0.15, -0.1) is 0 Å². The number of carboxylic acid groups (broad SMARTS) is 1. The molecule has 0 bridgehead atoms. The van der Waals surface area contributed by atoms with Crippen LogP contribution in [0.15, 0.2) is 0 Å². The van der Waals surface area contributed by atoms with E-state index < -0.39 is 12.0 Å². The smallest absolute Gasteiger partial charge is 0.320 e. The largest absolute Gasteiger partial charge is 0.480 e. The summed E-state index contributed by atoms with van der Waals surface area (Å²) >= 11 is 1.62. The molecule has 0 aromatic heterocycles. The average Bonchev–Trinajstić information content (AvgIpc) is 2.62. The van der Waals surface area contributed by atoms with Gasteiger partial charge >= 0.3 is 11.9 Å². The number of carbonyl (C=O) groups excluding carboxylic acids is 1. The Balaban J connectivity index is 3.44. The van der Waals surface area contributed by atoms with E-state index in [-0.39, 0.29) is 12.4 Å². The summed E-state index contributed by atoms with van der Waals surface area (Å²) in [5.74, 6) is -0.326. The molecule has 0 spiro atoms. The molecule has 154 valence electrons. The van der Waals surface area contributed by atoms with Crippen molar-refractivity contribution in [1.29, 1.82) is 0 Å². The number of esters is 1. The van der Waals surface area contributed by atoms with Crippen LogP contribution in [-0.4, -0.2) is 48.2 Å². The summed E-state index contributed by atoms with van der Waals surface area (Å²) in [7, 11) is 0. The quantitative estimate of drug-likeness (QED) is 0.248. The van der Waals surface area contributed by atoms with Gasteiger partial charge in [0, 0.05) is 6.54 Å². The van der Waals surface area contributed by atoms with Crippen LogP contribution in [0.2, 0.25) is 0 Å². The Morgan fingerprint density at radius 2 is 1.58 bits per heavy atom. The Morgan fingerprint density at radius 3 is 2.12 bits per heavy atom. The number of hydrogen-bond acceptors (Lipinski definition) is 5. The van der Waals surface area contributed by atoms with Crippen molar-refractivity contribution in [2.75, 3.05) is 25.2 Å². The summed E-state index contributed by atoms with van der Waals surface area (Å²) in [4.78, 5) is 22.7. The number of carboxylic acids is 1. The molecule has 0 aromatic carbocycles. The highest BCUT2D eigenvalue weighted by Crippen LogP contribution is 2.10. The Morgan fingerprint density at radius 1 is 1.00 bits per heavy atom. The maximum atomic E-state index is 11.7. The van der Waals surface area contributed by atoms with Crippen molar-refractivity contribution in [3.8, 4) is 0 Å². The number of nitrogens with one attached hydrogen (secondary N) is 1. The number of ether oxygens (including phenoxy) is 1. The number of aliphatic carboxylic acids is 1. The Labute approximate surface area is 164 Å². The molecule has 26 heavy (non-hydrogen) atoms. The third-order valence-corrected chi connectivity index (χ3v) is 5.03. The fraction of sp³-hybridized carbons (Fsp3) is 0.900. The first kappa shape index (κ1) is 25.2. The SMILES string of the molecule is CCCCCCCCCCCCOC(=O)CCNC(CCSC)C(=O)O. The van der Waals surface area contributed by atoms with E-state index in [0.717, 1.165) is 18.6 Å². The van der Waals surface area contributed by atoms with Gasteiger partial charge in [0.25, 0.3) is 0 Å². The maximum absolute atomic E-state index is 11.7. The van der Waals surface area contributed by atoms with E-state index in [1.807, 2.05) is 6.26 Å². The molecule has 0 radical (unpaired) electrons. The molecule has 0 aliphatic rings. The molecule has 0 heterocycles. The molecule has 2 N–H and O–H groups in total. The normalized spacial score (nSPS) is 12.1. The third kappa shape index (κ3) is 16.7. The van der Waals surface area contributed by atoms with Crippen molar-refractivity contribution >= 4 is 23.7 Å². The maximum Gasteiger partial charge on any atom is 0.320 e. The zero-order valence-corrected chi connectivity index (χ0v) is 17.6. The number of thioether (sulfide) groups is 1. The lowest BCUT2D eigenvalue weighted by Gasteiger charge is -2.13. The van der Waals surface area contributed by atoms with E-state index in [2.05, 4.69) is 12.2 Å². The summed E-state index contributed by atoms with van der Waals surface area (Å²) in [6.45, 7) is 3.06. The minimum Gasteiger partial charge on any atom is -0.480 e. The fourth-order valence-corrected chi connectivity index (χ4v) is 3.22. The van der Waals surface area contributed by atoms with Crippen molar-refractivity contribution in [3.63, 3.8) is 0 Å². The molecule has 0 aromatic rings. The van der Waals surface area contributed by atoms with E-state index in [1.165, 1.54) is 51.4 Å². The van der Waals surface area contributed by atoms with Crippen LogP contribution in [0.5, 0.6) is 0 Å². The Hall–Kier alpha value is -0.750. The highest BCUT2D eigenvalue weighted by atomic mass is 32.2. The molecule has 0 aliphatic heterocycles. The van der Waals surface area contributed by atoms with Crippen LogP contribution in [0, 0.1) is 0 Å². The molecule has 0 saturated heterocycles. The number of hydrogen-bond donors (Lipinski definition) is 2. The van der Waals surface area contributed by atoms with Gasteiger partial charge in [0.15, 0.2) is 0 Å². The number of carbonyl (C=O) groups is 2. The molecule has 0 saturated carbocycles. The zero-order valence-electron chi connectivity index (χ0n) is 16.8. The van der Waals surface area contributed by atoms with Crippen LogP contribution in [0.1, 0.15) is 84.0 Å². The number of rotatable bonds is 19. The monoisotopic (exact) mass is 389 g/mol. The van der Waals surface area contributed by atoms with E-state index in [0.29, 0.717) is 19.6 Å². The predicted octanol–water partition coefficient (Wildman–Crippen LogP) is 4.64. The standard InChI is InChI=1S/C20H39NO4S/c1-3-4-5-6-7-8-9-10-11-12-16-25-19(22)13-15-21-18(20(23)24)14-17-26-2/h18,21H,3-17H2,1-2H3,(H,23,24).